The van der Waals surface area contributed by atoms with Crippen LogP contribution in [0.1, 0.15) is 12.6 Å². The Kier molecular flexibility index (Phi) is 2.05. The van der Waals surface area contributed by atoms with Gasteiger partial charge in [-0.1, -0.05) is 19.6 Å². The number of anilines is 1. The van der Waals surface area contributed by atoms with Crippen LogP contribution in [0, 0.1) is 5.92 Å². The second-order valence-corrected chi connectivity index (χ2v) is 3.63. The molecule has 2 nitrogen and oxygen atoms in total. The van der Waals surface area contributed by atoms with E-state index in [4.69, 9.17) is 0 Å². The lowest BCUT2D eigenvalue weighted by Crippen LogP contribution is -2.45. The summed E-state index contributed by atoms with van der Waals surface area (Å²) in [6.07, 6.45) is 1.78. The Labute approximate surface area is 78.9 Å². The number of hydrogen-bond donors (Lipinski definition) is 0. The van der Waals surface area contributed by atoms with Crippen LogP contribution in [0.2, 0.25) is 0 Å². The Morgan fingerprint density at radius 2 is 2.31 bits per heavy atom. The fraction of sp³-hybridized carbons (Fsp3) is 0.364. The maximum Gasteiger partial charge on any atom is 0.129 e. The lowest BCUT2D eigenvalue weighted by molar-refractivity contribution is 0.443. The van der Waals surface area contributed by atoms with Crippen LogP contribution < -0.4 is 4.90 Å². The quantitative estimate of drug-likeness (QED) is 0.683. The molecule has 1 fully saturated rings. The minimum Gasteiger partial charge on any atom is -0.356 e. The lowest BCUT2D eigenvalue weighted by atomic mass is 10.0. The van der Waals surface area contributed by atoms with E-state index in [0.717, 1.165) is 30.5 Å². The largest absolute Gasteiger partial charge is 0.356 e. The van der Waals surface area contributed by atoms with Crippen molar-refractivity contribution in [2.75, 3.05) is 18.0 Å². The van der Waals surface area contributed by atoms with E-state index in [0.29, 0.717) is 0 Å². The Morgan fingerprint density at radius 3 is 2.92 bits per heavy atom. The third kappa shape index (κ3) is 1.57. The molecular weight excluding hydrogens is 160 g/mol. The SMILES string of the molecule is C=Cc1cccc(N2CC(C)C2)n1. The molecule has 0 atom stereocenters. The summed E-state index contributed by atoms with van der Waals surface area (Å²) >= 11 is 0. The topological polar surface area (TPSA) is 16.1 Å². The average molecular weight is 174 g/mol. The van der Waals surface area contributed by atoms with E-state index in [2.05, 4.69) is 29.5 Å². The van der Waals surface area contributed by atoms with E-state index in [1.54, 1.807) is 6.08 Å². The molecule has 1 aliphatic rings. The zero-order chi connectivity index (χ0) is 9.26. The van der Waals surface area contributed by atoms with Crippen molar-refractivity contribution < 1.29 is 0 Å². The van der Waals surface area contributed by atoms with Gasteiger partial charge in [0.15, 0.2) is 0 Å². The molecule has 0 bridgehead atoms. The van der Waals surface area contributed by atoms with E-state index in [-0.39, 0.29) is 0 Å². The maximum absolute atomic E-state index is 4.46. The molecule has 0 spiro atoms. The summed E-state index contributed by atoms with van der Waals surface area (Å²) in [6, 6.07) is 6.06. The van der Waals surface area contributed by atoms with Gasteiger partial charge in [0.2, 0.25) is 0 Å². The van der Waals surface area contributed by atoms with Gasteiger partial charge >= 0.3 is 0 Å². The predicted octanol–water partition coefficient (Wildman–Crippen LogP) is 2.18. The highest BCUT2D eigenvalue weighted by Gasteiger charge is 2.23. The van der Waals surface area contributed by atoms with E-state index in [1.807, 2.05) is 12.1 Å². The molecule has 0 amide bonds. The summed E-state index contributed by atoms with van der Waals surface area (Å²) in [5.74, 6) is 1.89. The van der Waals surface area contributed by atoms with Crippen molar-refractivity contribution in [2.45, 2.75) is 6.92 Å². The van der Waals surface area contributed by atoms with Crippen LogP contribution in [0.5, 0.6) is 0 Å². The number of rotatable bonds is 2. The average Bonchev–Trinajstić information content (AvgIpc) is 2.13. The van der Waals surface area contributed by atoms with Crippen molar-refractivity contribution >= 4 is 11.9 Å². The maximum atomic E-state index is 4.46. The van der Waals surface area contributed by atoms with Crippen molar-refractivity contribution in [3.05, 3.63) is 30.5 Å². The fourth-order valence-corrected chi connectivity index (χ4v) is 1.62. The molecule has 0 N–H and O–H groups in total. The highest BCUT2D eigenvalue weighted by molar-refractivity contribution is 5.49. The van der Waals surface area contributed by atoms with E-state index < -0.39 is 0 Å². The van der Waals surface area contributed by atoms with Crippen LogP contribution in [-0.2, 0) is 0 Å². The first-order valence-electron chi connectivity index (χ1n) is 4.64. The van der Waals surface area contributed by atoms with Gasteiger partial charge in [-0.2, -0.15) is 0 Å². The van der Waals surface area contributed by atoms with Crippen LogP contribution in [0.15, 0.2) is 24.8 Å². The van der Waals surface area contributed by atoms with Crippen LogP contribution in [0.4, 0.5) is 5.82 Å². The first-order chi connectivity index (χ1) is 6.29. The lowest BCUT2D eigenvalue weighted by Gasteiger charge is -2.38. The highest BCUT2D eigenvalue weighted by Crippen LogP contribution is 2.22. The van der Waals surface area contributed by atoms with Crippen molar-refractivity contribution in [3.63, 3.8) is 0 Å². The summed E-state index contributed by atoms with van der Waals surface area (Å²) < 4.78 is 0. The molecule has 2 heterocycles. The number of aromatic nitrogens is 1. The summed E-state index contributed by atoms with van der Waals surface area (Å²) in [6.45, 7) is 8.23. The molecule has 13 heavy (non-hydrogen) atoms. The van der Waals surface area contributed by atoms with Crippen LogP contribution in [0.25, 0.3) is 6.08 Å². The Hall–Kier alpha value is -1.31. The molecule has 1 saturated heterocycles. The zero-order valence-electron chi connectivity index (χ0n) is 7.90. The van der Waals surface area contributed by atoms with Gasteiger partial charge in [0.25, 0.3) is 0 Å². The van der Waals surface area contributed by atoms with Crippen LogP contribution in [-0.4, -0.2) is 18.1 Å². The fourth-order valence-electron chi connectivity index (χ4n) is 1.62. The zero-order valence-corrected chi connectivity index (χ0v) is 7.90. The molecule has 68 valence electrons. The third-order valence-corrected chi connectivity index (χ3v) is 2.35. The Bertz CT molecular complexity index is 314. The predicted molar refractivity (Wildman–Crippen MR) is 55.7 cm³/mol. The Balaban J connectivity index is 2.16. The van der Waals surface area contributed by atoms with E-state index in [9.17, 15) is 0 Å². The summed E-state index contributed by atoms with van der Waals surface area (Å²) in [4.78, 5) is 6.74. The van der Waals surface area contributed by atoms with Crippen molar-refractivity contribution in [1.29, 1.82) is 0 Å². The second kappa shape index (κ2) is 3.21. The molecule has 1 aromatic heterocycles. The van der Waals surface area contributed by atoms with Crippen molar-refractivity contribution in [3.8, 4) is 0 Å². The summed E-state index contributed by atoms with van der Waals surface area (Å²) in [5, 5.41) is 0. The molecule has 0 unspecified atom stereocenters. The molecule has 2 rings (SSSR count). The number of pyridine rings is 1. The van der Waals surface area contributed by atoms with Crippen LogP contribution >= 0.6 is 0 Å². The van der Waals surface area contributed by atoms with Gasteiger partial charge in [0.05, 0.1) is 5.69 Å². The number of nitrogens with zero attached hydrogens (tertiary/aromatic N) is 2. The van der Waals surface area contributed by atoms with Gasteiger partial charge in [0.1, 0.15) is 5.82 Å². The third-order valence-electron chi connectivity index (χ3n) is 2.35. The van der Waals surface area contributed by atoms with Gasteiger partial charge in [0, 0.05) is 13.1 Å². The number of hydrogen-bond acceptors (Lipinski definition) is 2. The van der Waals surface area contributed by atoms with Gasteiger partial charge in [-0.05, 0) is 24.1 Å². The van der Waals surface area contributed by atoms with Gasteiger partial charge in [-0.15, -0.1) is 0 Å². The summed E-state index contributed by atoms with van der Waals surface area (Å²) in [7, 11) is 0. The van der Waals surface area contributed by atoms with Gasteiger partial charge in [-0.25, -0.2) is 4.98 Å². The van der Waals surface area contributed by atoms with E-state index >= 15 is 0 Å². The summed E-state index contributed by atoms with van der Waals surface area (Å²) in [5.41, 5.74) is 0.956. The van der Waals surface area contributed by atoms with Crippen molar-refractivity contribution in [2.24, 2.45) is 5.92 Å². The van der Waals surface area contributed by atoms with Gasteiger partial charge in [-0.3, -0.25) is 0 Å². The van der Waals surface area contributed by atoms with Crippen molar-refractivity contribution in [1.82, 2.24) is 4.98 Å². The van der Waals surface area contributed by atoms with E-state index in [1.165, 1.54) is 0 Å². The Morgan fingerprint density at radius 1 is 1.54 bits per heavy atom. The monoisotopic (exact) mass is 174 g/mol. The van der Waals surface area contributed by atoms with Crippen LogP contribution in [0.3, 0.4) is 0 Å². The normalized spacial score (nSPS) is 16.8. The first kappa shape index (κ1) is 8.30. The highest BCUT2D eigenvalue weighted by atomic mass is 15.2. The molecule has 1 aliphatic heterocycles. The standard InChI is InChI=1S/C11H14N2/c1-3-10-5-4-6-11(12-10)13-7-9(2)8-13/h3-6,9H,1,7-8H2,2H3. The minimum atomic E-state index is 0.814. The molecule has 1 aromatic rings. The smallest absolute Gasteiger partial charge is 0.129 e. The molecule has 0 saturated carbocycles. The molecule has 0 radical (unpaired) electrons. The molecule has 2 heteroatoms. The molecule has 0 aromatic carbocycles. The second-order valence-electron chi connectivity index (χ2n) is 3.63. The van der Waals surface area contributed by atoms with Gasteiger partial charge < -0.3 is 4.90 Å². The first-order valence-corrected chi connectivity index (χ1v) is 4.64. The molecule has 0 aliphatic carbocycles. The molecular formula is C11H14N2. The minimum absolute atomic E-state index is 0.814.